The molecule has 0 aromatic rings. The first-order valence-electron chi connectivity index (χ1n) is 5.46. The number of morpholine rings is 1. The van der Waals surface area contributed by atoms with Gasteiger partial charge in [0, 0.05) is 26.2 Å². The molecule has 0 bridgehead atoms. The Labute approximate surface area is 90.6 Å². The summed E-state index contributed by atoms with van der Waals surface area (Å²) in [7, 11) is 0. The van der Waals surface area contributed by atoms with Crippen molar-refractivity contribution in [2.75, 3.05) is 52.5 Å². The fraction of sp³-hybridized carbons (Fsp3) is 0.900. The standard InChI is InChI=1S/C10H20N2O3/c1-2-12(3-6-13)10(14)9-11-4-7-15-8-5-11/h13H,2-9H2,1H3. The third kappa shape index (κ3) is 4.15. The molecule has 0 radical (unpaired) electrons. The molecule has 0 aromatic carbocycles. The Hall–Kier alpha value is -0.650. The number of hydrogen-bond acceptors (Lipinski definition) is 4. The normalized spacial score (nSPS) is 17.7. The largest absolute Gasteiger partial charge is 0.395 e. The second kappa shape index (κ2) is 6.76. The van der Waals surface area contributed by atoms with Gasteiger partial charge in [-0.05, 0) is 6.92 Å². The first-order chi connectivity index (χ1) is 7.27. The molecule has 1 fully saturated rings. The number of amides is 1. The van der Waals surface area contributed by atoms with Crippen molar-refractivity contribution in [1.29, 1.82) is 0 Å². The van der Waals surface area contributed by atoms with E-state index in [1.165, 1.54) is 0 Å². The summed E-state index contributed by atoms with van der Waals surface area (Å²) in [5.74, 6) is 0.0912. The quantitative estimate of drug-likeness (QED) is 0.651. The van der Waals surface area contributed by atoms with Gasteiger partial charge in [-0.25, -0.2) is 0 Å². The number of likely N-dealkylation sites (N-methyl/N-ethyl adjacent to an activating group) is 1. The van der Waals surface area contributed by atoms with Gasteiger partial charge in [-0.2, -0.15) is 0 Å². The van der Waals surface area contributed by atoms with Crippen LogP contribution in [0.3, 0.4) is 0 Å². The zero-order valence-corrected chi connectivity index (χ0v) is 9.31. The molecular weight excluding hydrogens is 196 g/mol. The molecule has 88 valence electrons. The second-order valence-corrected chi connectivity index (χ2v) is 3.59. The van der Waals surface area contributed by atoms with Crippen molar-refractivity contribution in [2.24, 2.45) is 0 Å². The van der Waals surface area contributed by atoms with Gasteiger partial charge in [-0.3, -0.25) is 9.69 Å². The van der Waals surface area contributed by atoms with Gasteiger partial charge in [0.1, 0.15) is 0 Å². The maximum absolute atomic E-state index is 11.8. The number of ether oxygens (including phenoxy) is 1. The van der Waals surface area contributed by atoms with Crippen LogP contribution in [-0.2, 0) is 9.53 Å². The van der Waals surface area contributed by atoms with Gasteiger partial charge in [-0.1, -0.05) is 0 Å². The van der Waals surface area contributed by atoms with E-state index in [-0.39, 0.29) is 12.5 Å². The van der Waals surface area contributed by atoms with Gasteiger partial charge in [-0.15, -0.1) is 0 Å². The molecule has 1 aliphatic heterocycles. The predicted octanol–water partition coefficient (Wildman–Crippen LogP) is -0.841. The number of hydrogen-bond donors (Lipinski definition) is 1. The summed E-state index contributed by atoms with van der Waals surface area (Å²) in [4.78, 5) is 15.5. The van der Waals surface area contributed by atoms with E-state index in [1.807, 2.05) is 6.92 Å². The van der Waals surface area contributed by atoms with Crippen LogP contribution in [0.4, 0.5) is 0 Å². The van der Waals surface area contributed by atoms with Crippen LogP contribution in [-0.4, -0.2) is 73.4 Å². The highest BCUT2D eigenvalue weighted by Gasteiger charge is 2.17. The van der Waals surface area contributed by atoms with Gasteiger partial charge in [0.2, 0.25) is 5.91 Å². The first-order valence-corrected chi connectivity index (χ1v) is 5.46. The maximum atomic E-state index is 11.8. The fourth-order valence-electron chi connectivity index (χ4n) is 1.63. The number of aliphatic hydroxyl groups is 1. The molecule has 5 heteroatoms. The fourth-order valence-corrected chi connectivity index (χ4v) is 1.63. The third-order valence-corrected chi connectivity index (χ3v) is 2.57. The van der Waals surface area contributed by atoms with E-state index in [1.54, 1.807) is 4.90 Å². The average Bonchev–Trinajstić information content (AvgIpc) is 2.27. The van der Waals surface area contributed by atoms with E-state index in [2.05, 4.69) is 4.90 Å². The SMILES string of the molecule is CCN(CCO)C(=O)CN1CCOCC1. The maximum Gasteiger partial charge on any atom is 0.236 e. The Morgan fingerprint density at radius 3 is 2.67 bits per heavy atom. The molecule has 0 unspecified atom stereocenters. The smallest absolute Gasteiger partial charge is 0.236 e. The van der Waals surface area contributed by atoms with Crippen molar-refractivity contribution >= 4 is 5.91 Å². The molecule has 0 atom stereocenters. The zero-order chi connectivity index (χ0) is 11.1. The lowest BCUT2D eigenvalue weighted by Crippen LogP contribution is -2.45. The zero-order valence-electron chi connectivity index (χ0n) is 9.31. The van der Waals surface area contributed by atoms with E-state index in [9.17, 15) is 4.79 Å². The molecule has 1 rings (SSSR count). The third-order valence-electron chi connectivity index (χ3n) is 2.57. The number of nitrogens with zero attached hydrogens (tertiary/aromatic N) is 2. The Balaban J connectivity index is 2.31. The molecule has 0 aliphatic carbocycles. The van der Waals surface area contributed by atoms with E-state index in [0.717, 1.165) is 13.1 Å². The van der Waals surface area contributed by atoms with Crippen molar-refractivity contribution in [2.45, 2.75) is 6.92 Å². The lowest BCUT2D eigenvalue weighted by atomic mass is 10.3. The molecule has 0 saturated carbocycles. The van der Waals surface area contributed by atoms with E-state index in [0.29, 0.717) is 32.8 Å². The molecule has 15 heavy (non-hydrogen) atoms. The Morgan fingerprint density at radius 2 is 2.13 bits per heavy atom. The molecule has 5 nitrogen and oxygen atoms in total. The van der Waals surface area contributed by atoms with Crippen molar-refractivity contribution in [1.82, 2.24) is 9.80 Å². The highest BCUT2D eigenvalue weighted by molar-refractivity contribution is 5.78. The highest BCUT2D eigenvalue weighted by atomic mass is 16.5. The van der Waals surface area contributed by atoms with Crippen LogP contribution in [0.2, 0.25) is 0 Å². The minimum absolute atomic E-state index is 0.0304. The Bertz CT molecular complexity index is 193. The summed E-state index contributed by atoms with van der Waals surface area (Å²) < 4.78 is 5.21. The van der Waals surface area contributed by atoms with Gasteiger partial charge in [0.05, 0.1) is 26.4 Å². The van der Waals surface area contributed by atoms with Gasteiger partial charge >= 0.3 is 0 Å². The molecule has 1 saturated heterocycles. The van der Waals surface area contributed by atoms with E-state index >= 15 is 0 Å². The van der Waals surface area contributed by atoms with Gasteiger partial charge in [0.25, 0.3) is 0 Å². The van der Waals surface area contributed by atoms with Crippen LogP contribution >= 0.6 is 0 Å². The molecule has 0 spiro atoms. The van der Waals surface area contributed by atoms with E-state index in [4.69, 9.17) is 9.84 Å². The number of aliphatic hydroxyl groups excluding tert-OH is 1. The van der Waals surface area contributed by atoms with Crippen molar-refractivity contribution in [3.63, 3.8) is 0 Å². The molecule has 1 amide bonds. The number of carbonyl (C=O) groups excluding carboxylic acids is 1. The van der Waals surface area contributed by atoms with Crippen molar-refractivity contribution < 1.29 is 14.6 Å². The van der Waals surface area contributed by atoms with Gasteiger partial charge in [0.15, 0.2) is 0 Å². The minimum Gasteiger partial charge on any atom is -0.395 e. The summed E-state index contributed by atoms with van der Waals surface area (Å²) in [5, 5.41) is 8.80. The molecule has 1 aliphatic rings. The predicted molar refractivity (Wildman–Crippen MR) is 56.6 cm³/mol. The number of rotatable bonds is 5. The molecule has 1 heterocycles. The van der Waals surface area contributed by atoms with Crippen LogP contribution < -0.4 is 0 Å². The van der Waals surface area contributed by atoms with Crippen molar-refractivity contribution in [3.05, 3.63) is 0 Å². The van der Waals surface area contributed by atoms with Crippen LogP contribution in [0.25, 0.3) is 0 Å². The van der Waals surface area contributed by atoms with Crippen LogP contribution in [0.15, 0.2) is 0 Å². The summed E-state index contributed by atoms with van der Waals surface area (Å²) >= 11 is 0. The van der Waals surface area contributed by atoms with Crippen molar-refractivity contribution in [3.8, 4) is 0 Å². The highest BCUT2D eigenvalue weighted by Crippen LogP contribution is 1.98. The Kier molecular flexibility index (Phi) is 5.60. The van der Waals surface area contributed by atoms with Crippen LogP contribution in [0, 0.1) is 0 Å². The lowest BCUT2D eigenvalue weighted by Gasteiger charge is -2.28. The second-order valence-electron chi connectivity index (χ2n) is 3.59. The molecule has 1 N–H and O–H groups in total. The topological polar surface area (TPSA) is 53.0 Å². The summed E-state index contributed by atoms with van der Waals surface area (Å²) in [5.41, 5.74) is 0. The molecule has 0 aromatic heterocycles. The average molecular weight is 216 g/mol. The van der Waals surface area contributed by atoms with Gasteiger partial charge < -0.3 is 14.7 Å². The first kappa shape index (κ1) is 12.4. The number of carbonyl (C=O) groups is 1. The minimum atomic E-state index is 0.0304. The monoisotopic (exact) mass is 216 g/mol. The summed E-state index contributed by atoms with van der Waals surface area (Å²) in [6.07, 6.45) is 0. The van der Waals surface area contributed by atoms with Crippen LogP contribution in [0.1, 0.15) is 6.92 Å². The Morgan fingerprint density at radius 1 is 1.47 bits per heavy atom. The molecular formula is C10H20N2O3. The summed E-state index contributed by atoms with van der Waals surface area (Å²) in [6.45, 7) is 6.54. The summed E-state index contributed by atoms with van der Waals surface area (Å²) in [6, 6.07) is 0. The lowest BCUT2D eigenvalue weighted by molar-refractivity contribution is -0.133. The van der Waals surface area contributed by atoms with E-state index < -0.39 is 0 Å². The van der Waals surface area contributed by atoms with Crippen LogP contribution in [0.5, 0.6) is 0 Å².